The van der Waals surface area contributed by atoms with Crippen molar-refractivity contribution in [1.29, 1.82) is 0 Å². The summed E-state index contributed by atoms with van der Waals surface area (Å²) in [6.45, 7) is 6.45. The van der Waals surface area contributed by atoms with E-state index >= 15 is 0 Å². The molecule has 0 bridgehead atoms. The van der Waals surface area contributed by atoms with Gasteiger partial charge >= 0.3 is 17.9 Å². The molecule has 60 heavy (non-hydrogen) atoms. The first-order chi connectivity index (χ1) is 29.5. The number of carbonyl (C=O) groups is 3. The average Bonchev–Trinajstić information content (AvgIpc) is 3.24. The van der Waals surface area contributed by atoms with E-state index in [0.29, 0.717) is 19.3 Å². The maximum absolute atomic E-state index is 12.8. The Morgan fingerprint density at radius 3 is 1.05 bits per heavy atom. The van der Waals surface area contributed by atoms with Crippen LogP contribution in [-0.4, -0.2) is 37.2 Å². The minimum Gasteiger partial charge on any atom is -0.462 e. The minimum absolute atomic E-state index is 0.0856. The summed E-state index contributed by atoms with van der Waals surface area (Å²) in [5.41, 5.74) is 0. The van der Waals surface area contributed by atoms with Crippen molar-refractivity contribution in [2.75, 3.05) is 13.2 Å². The van der Waals surface area contributed by atoms with Crippen molar-refractivity contribution in [3.05, 3.63) is 60.8 Å². The summed E-state index contributed by atoms with van der Waals surface area (Å²) >= 11 is 0. The van der Waals surface area contributed by atoms with Gasteiger partial charge in [0.2, 0.25) is 0 Å². The summed E-state index contributed by atoms with van der Waals surface area (Å²) in [5.74, 6) is -0.912. The monoisotopic (exact) mass is 839 g/mol. The summed E-state index contributed by atoms with van der Waals surface area (Å²) < 4.78 is 16.8. The smallest absolute Gasteiger partial charge is 0.306 e. The fraction of sp³-hybridized carbons (Fsp3) is 0.759. The van der Waals surface area contributed by atoms with Crippen LogP contribution in [0.3, 0.4) is 0 Å². The third-order valence-corrected chi connectivity index (χ3v) is 10.8. The van der Waals surface area contributed by atoms with Gasteiger partial charge in [0.15, 0.2) is 6.10 Å². The fourth-order valence-electron chi connectivity index (χ4n) is 7.02. The molecule has 0 aliphatic heterocycles. The molecule has 1 unspecified atom stereocenters. The molecule has 0 rings (SSSR count). The fourth-order valence-corrected chi connectivity index (χ4v) is 7.02. The van der Waals surface area contributed by atoms with Crippen molar-refractivity contribution in [3.8, 4) is 0 Å². The lowest BCUT2D eigenvalue weighted by Crippen LogP contribution is -2.30. The molecule has 0 aromatic rings. The summed E-state index contributed by atoms with van der Waals surface area (Å²) in [6.07, 6.45) is 59.1. The van der Waals surface area contributed by atoms with E-state index in [1.165, 1.54) is 116 Å². The van der Waals surface area contributed by atoms with Crippen LogP contribution in [0.2, 0.25) is 0 Å². The van der Waals surface area contributed by atoms with Crippen LogP contribution in [0.25, 0.3) is 0 Å². The van der Waals surface area contributed by atoms with Gasteiger partial charge in [0.05, 0.1) is 0 Å². The largest absolute Gasteiger partial charge is 0.462 e. The Kier molecular flexibility index (Phi) is 46.4. The molecule has 346 valence electrons. The SMILES string of the molecule is CC/C=C/C=C/C=C/CCCCCCCC(=O)OCC(COC(=O)CCCCCCCC/C=C/C=C/CCCCC)OC(=O)CCCCCCCCCCCCCCCC. The number of rotatable bonds is 45. The van der Waals surface area contributed by atoms with Crippen LogP contribution < -0.4 is 0 Å². The number of allylic oxidation sites excluding steroid dienone is 10. The van der Waals surface area contributed by atoms with E-state index in [9.17, 15) is 14.4 Å². The topological polar surface area (TPSA) is 78.9 Å². The summed E-state index contributed by atoms with van der Waals surface area (Å²) in [7, 11) is 0. The molecule has 0 aromatic carbocycles. The Labute approximate surface area is 370 Å². The van der Waals surface area contributed by atoms with Crippen LogP contribution in [0.5, 0.6) is 0 Å². The molecule has 0 heterocycles. The van der Waals surface area contributed by atoms with Crippen molar-refractivity contribution in [3.63, 3.8) is 0 Å². The lowest BCUT2D eigenvalue weighted by Gasteiger charge is -2.18. The van der Waals surface area contributed by atoms with E-state index in [-0.39, 0.29) is 31.1 Å². The molecule has 0 amide bonds. The molecule has 0 N–H and O–H groups in total. The summed E-state index contributed by atoms with van der Waals surface area (Å²) in [5, 5.41) is 0. The van der Waals surface area contributed by atoms with Gasteiger partial charge < -0.3 is 14.2 Å². The standard InChI is InChI=1S/C54H94O6/c1-4-7-10-13-16-19-22-25-27-30-32-35-38-41-44-47-53(56)59-50-51(49-58-52(55)46-43-40-37-34-31-28-24-21-18-15-12-9-6-3)60-54(57)48-45-42-39-36-33-29-26-23-20-17-14-11-8-5-2/h9,12,15-16,18-19,21-22,24-25,51H,4-8,10-11,13-14,17,20,23,26-50H2,1-3H3/b12-9+,18-15+,19-16+,24-21+,25-22+. The van der Waals surface area contributed by atoms with E-state index in [4.69, 9.17) is 14.2 Å². The zero-order valence-electron chi connectivity index (χ0n) is 39.5. The minimum atomic E-state index is -0.784. The predicted molar refractivity (Wildman–Crippen MR) is 256 cm³/mol. The molecule has 6 nitrogen and oxygen atoms in total. The van der Waals surface area contributed by atoms with Gasteiger partial charge in [0.25, 0.3) is 0 Å². The molecule has 0 radical (unpaired) electrons. The van der Waals surface area contributed by atoms with Crippen LogP contribution in [0.1, 0.15) is 245 Å². The lowest BCUT2D eigenvalue weighted by molar-refractivity contribution is -0.167. The van der Waals surface area contributed by atoms with E-state index in [1.807, 2.05) is 0 Å². The summed E-state index contributed by atoms with van der Waals surface area (Å²) in [6, 6.07) is 0. The van der Waals surface area contributed by atoms with Crippen LogP contribution in [0, 0.1) is 0 Å². The van der Waals surface area contributed by atoms with Gasteiger partial charge in [-0.05, 0) is 64.2 Å². The van der Waals surface area contributed by atoms with Gasteiger partial charge in [-0.2, -0.15) is 0 Å². The highest BCUT2D eigenvalue weighted by molar-refractivity contribution is 5.71. The number of hydrogen-bond donors (Lipinski definition) is 0. The van der Waals surface area contributed by atoms with Crippen LogP contribution in [0.4, 0.5) is 0 Å². The Morgan fingerprint density at radius 2 is 0.650 bits per heavy atom. The van der Waals surface area contributed by atoms with Gasteiger partial charge in [-0.3, -0.25) is 14.4 Å². The molecule has 0 saturated heterocycles. The Hall–Kier alpha value is -2.89. The van der Waals surface area contributed by atoms with Crippen LogP contribution >= 0.6 is 0 Å². The first-order valence-electron chi connectivity index (χ1n) is 25.3. The molecule has 0 aliphatic carbocycles. The average molecular weight is 839 g/mol. The number of carbonyl (C=O) groups excluding carboxylic acids is 3. The molecular weight excluding hydrogens is 745 g/mol. The van der Waals surface area contributed by atoms with Crippen LogP contribution in [-0.2, 0) is 28.6 Å². The maximum atomic E-state index is 12.8. The zero-order chi connectivity index (χ0) is 43.7. The molecule has 0 spiro atoms. The normalized spacial score (nSPS) is 12.5. The molecule has 6 heteroatoms. The predicted octanol–water partition coefficient (Wildman–Crippen LogP) is 16.5. The Morgan fingerprint density at radius 1 is 0.350 bits per heavy atom. The molecule has 1 atom stereocenters. The van der Waals surface area contributed by atoms with Crippen LogP contribution in [0.15, 0.2) is 60.8 Å². The zero-order valence-corrected chi connectivity index (χ0v) is 39.5. The number of ether oxygens (including phenoxy) is 3. The lowest BCUT2D eigenvalue weighted by atomic mass is 10.0. The van der Waals surface area contributed by atoms with E-state index in [0.717, 1.165) is 89.9 Å². The van der Waals surface area contributed by atoms with E-state index < -0.39 is 6.10 Å². The van der Waals surface area contributed by atoms with Gasteiger partial charge in [-0.1, -0.05) is 223 Å². The third kappa shape index (κ3) is 46.2. The molecule has 0 aromatic heterocycles. The first kappa shape index (κ1) is 57.1. The Bertz CT molecular complexity index is 1100. The second-order valence-electron chi connectivity index (χ2n) is 16.8. The van der Waals surface area contributed by atoms with Gasteiger partial charge in [-0.15, -0.1) is 0 Å². The van der Waals surface area contributed by atoms with Gasteiger partial charge in [-0.25, -0.2) is 0 Å². The Balaban J connectivity index is 4.41. The van der Waals surface area contributed by atoms with Crippen molar-refractivity contribution in [1.82, 2.24) is 0 Å². The van der Waals surface area contributed by atoms with Gasteiger partial charge in [0, 0.05) is 19.3 Å². The molecular formula is C54H94O6. The van der Waals surface area contributed by atoms with Gasteiger partial charge in [0.1, 0.15) is 13.2 Å². The summed E-state index contributed by atoms with van der Waals surface area (Å²) in [4.78, 5) is 37.9. The van der Waals surface area contributed by atoms with E-state index in [2.05, 4.69) is 81.5 Å². The highest BCUT2D eigenvalue weighted by atomic mass is 16.6. The number of esters is 3. The molecule has 0 aliphatic rings. The third-order valence-electron chi connectivity index (χ3n) is 10.8. The number of unbranched alkanes of at least 4 members (excludes halogenated alkanes) is 27. The van der Waals surface area contributed by atoms with Crippen molar-refractivity contribution in [2.45, 2.75) is 252 Å². The highest BCUT2D eigenvalue weighted by Crippen LogP contribution is 2.15. The van der Waals surface area contributed by atoms with Crippen molar-refractivity contribution < 1.29 is 28.6 Å². The molecule has 0 fully saturated rings. The second-order valence-corrected chi connectivity index (χ2v) is 16.8. The maximum Gasteiger partial charge on any atom is 0.306 e. The van der Waals surface area contributed by atoms with Crippen molar-refractivity contribution in [2.24, 2.45) is 0 Å². The number of hydrogen-bond acceptors (Lipinski definition) is 6. The quantitative estimate of drug-likeness (QED) is 0.0263. The van der Waals surface area contributed by atoms with Crippen molar-refractivity contribution >= 4 is 17.9 Å². The first-order valence-corrected chi connectivity index (χ1v) is 25.3. The highest BCUT2D eigenvalue weighted by Gasteiger charge is 2.19. The van der Waals surface area contributed by atoms with E-state index in [1.54, 1.807) is 0 Å². The second kappa shape index (κ2) is 48.8. The molecule has 0 saturated carbocycles.